The number of rotatable bonds is 4. The van der Waals surface area contributed by atoms with E-state index in [1.165, 1.54) is 13.3 Å². The molecule has 15 heavy (non-hydrogen) atoms. The number of carbonyl (C=O) groups excluding carboxylic acids is 1. The Morgan fingerprint density at radius 1 is 1.73 bits per heavy atom. The molecule has 1 aromatic heterocycles. The lowest BCUT2D eigenvalue weighted by Gasteiger charge is -2.06. The van der Waals surface area contributed by atoms with E-state index in [1.54, 1.807) is 19.1 Å². The van der Waals surface area contributed by atoms with Crippen molar-refractivity contribution in [2.75, 3.05) is 7.11 Å². The van der Waals surface area contributed by atoms with Gasteiger partial charge in [0.05, 0.1) is 13.2 Å². The molecule has 0 aliphatic carbocycles. The molecule has 0 radical (unpaired) electrons. The molecule has 0 fully saturated rings. The molecule has 0 spiro atoms. The lowest BCUT2D eigenvalue weighted by atomic mass is 9.98. The first-order valence-electron chi connectivity index (χ1n) is 4.60. The molecule has 0 N–H and O–H groups in total. The normalized spacial score (nSPS) is 11.5. The number of hydrogen-bond acceptors (Lipinski definition) is 4. The highest BCUT2D eigenvalue weighted by molar-refractivity contribution is 5.97. The van der Waals surface area contributed by atoms with Gasteiger partial charge in [-0.25, -0.2) is 4.98 Å². The van der Waals surface area contributed by atoms with Crippen LogP contribution in [0.3, 0.4) is 0 Å². The molecule has 1 rings (SSSR count). The molecule has 0 aliphatic rings. The van der Waals surface area contributed by atoms with Gasteiger partial charge in [-0.05, 0) is 6.07 Å². The van der Waals surface area contributed by atoms with Gasteiger partial charge in [0, 0.05) is 30.2 Å². The van der Waals surface area contributed by atoms with Crippen LogP contribution in [0.15, 0.2) is 18.3 Å². The highest BCUT2D eigenvalue weighted by Crippen LogP contribution is 2.14. The van der Waals surface area contributed by atoms with Crippen LogP contribution in [0.5, 0.6) is 5.88 Å². The number of carbonyl (C=O) groups is 1. The first-order chi connectivity index (χ1) is 7.19. The van der Waals surface area contributed by atoms with Crippen molar-refractivity contribution in [2.45, 2.75) is 13.3 Å². The standard InChI is InChI=1S/C11H12N2O2/c1-8(3-5-12)11(14)9-4-6-13-10(7-9)15-2/h4,6-8H,3H2,1-2H3/t8-/m0/s1. The van der Waals surface area contributed by atoms with Crippen LogP contribution >= 0.6 is 0 Å². The van der Waals surface area contributed by atoms with Gasteiger partial charge in [-0.1, -0.05) is 6.92 Å². The minimum absolute atomic E-state index is 0.0581. The summed E-state index contributed by atoms with van der Waals surface area (Å²) in [6.07, 6.45) is 1.74. The van der Waals surface area contributed by atoms with Gasteiger partial charge in [0.1, 0.15) is 0 Å². The van der Waals surface area contributed by atoms with E-state index >= 15 is 0 Å². The van der Waals surface area contributed by atoms with Crippen LogP contribution in [0, 0.1) is 17.2 Å². The van der Waals surface area contributed by atoms with Crippen molar-refractivity contribution < 1.29 is 9.53 Å². The van der Waals surface area contributed by atoms with Gasteiger partial charge in [0.2, 0.25) is 5.88 Å². The van der Waals surface area contributed by atoms with E-state index in [0.29, 0.717) is 11.4 Å². The number of aromatic nitrogens is 1. The SMILES string of the molecule is COc1cc(C(=O)[C@@H](C)CC#N)ccn1. The predicted octanol–water partition coefficient (Wildman–Crippen LogP) is 1.82. The van der Waals surface area contributed by atoms with E-state index in [1.807, 2.05) is 6.07 Å². The third-order valence-electron chi connectivity index (χ3n) is 2.07. The predicted molar refractivity (Wildman–Crippen MR) is 54.5 cm³/mol. The maximum atomic E-state index is 11.8. The smallest absolute Gasteiger partial charge is 0.213 e. The van der Waals surface area contributed by atoms with Crippen molar-refractivity contribution in [2.24, 2.45) is 5.92 Å². The Morgan fingerprint density at radius 3 is 3.07 bits per heavy atom. The summed E-state index contributed by atoms with van der Waals surface area (Å²) in [6.45, 7) is 1.73. The van der Waals surface area contributed by atoms with Gasteiger partial charge in [-0.15, -0.1) is 0 Å². The second-order valence-electron chi connectivity index (χ2n) is 3.21. The zero-order valence-corrected chi connectivity index (χ0v) is 8.73. The fourth-order valence-electron chi connectivity index (χ4n) is 1.19. The molecule has 0 bridgehead atoms. The highest BCUT2D eigenvalue weighted by atomic mass is 16.5. The fraction of sp³-hybridized carbons (Fsp3) is 0.364. The number of pyridine rings is 1. The molecule has 4 nitrogen and oxygen atoms in total. The topological polar surface area (TPSA) is 63.0 Å². The number of nitriles is 1. The fourth-order valence-corrected chi connectivity index (χ4v) is 1.19. The molecule has 0 aromatic carbocycles. The Hall–Kier alpha value is -1.89. The van der Waals surface area contributed by atoms with Crippen LogP contribution in [-0.4, -0.2) is 17.9 Å². The van der Waals surface area contributed by atoms with Crippen LogP contribution in [0.4, 0.5) is 0 Å². The van der Waals surface area contributed by atoms with E-state index in [2.05, 4.69) is 4.98 Å². The van der Waals surface area contributed by atoms with Crippen LogP contribution in [0.25, 0.3) is 0 Å². The van der Waals surface area contributed by atoms with Crippen LogP contribution < -0.4 is 4.74 Å². The molecule has 78 valence electrons. The summed E-state index contributed by atoms with van der Waals surface area (Å²) in [6, 6.07) is 5.18. The zero-order chi connectivity index (χ0) is 11.3. The lowest BCUT2D eigenvalue weighted by Crippen LogP contribution is -2.10. The number of ketones is 1. The molecule has 0 saturated carbocycles. The molecular weight excluding hydrogens is 192 g/mol. The van der Waals surface area contributed by atoms with E-state index < -0.39 is 0 Å². The Labute approximate surface area is 88.5 Å². The van der Waals surface area contributed by atoms with Crippen LogP contribution in [0.1, 0.15) is 23.7 Å². The van der Waals surface area contributed by atoms with Gasteiger partial charge < -0.3 is 4.74 Å². The Kier molecular flexibility index (Phi) is 3.81. The van der Waals surface area contributed by atoms with Crippen molar-refractivity contribution in [1.29, 1.82) is 5.26 Å². The van der Waals surface area contributed by atoms with Gasteiger partial charge in [0.25, 0.3) is 0 Å². The quantitative estimate of drug-likeness (QED) is 0.702. The molecule has 0 unspecified atom stereocenters. The highest BCUT2D eigenvalue weighted by Gasteiger charge is 2.15. The van der Waals surface area contributed by atoms with Crippen molar-refractivity contribution in [3.63, 3.8) is 0 Å². The maximum Gasteiger partial charge on any atom is 0.213 e. The van der Waals surface area contributed by atoms with Crippen LogP contribution in [-0.2, 0) is 0 Å². The summed E-state index contributed by atoms with van der Waals surface area (Å²) in [5, 5.41) is 8.49. The second kappa shape index (κ2) is 5.11. The Morgan fingerprint density at radius 2 is 2.47 bits per heavy atom. The summed E-state index contributed by atoms with van der Waals surface area (Å²) in [5.74, 6) is 0.0596. The maximum absolute atomic E-state index is 11.8. The van der Waals surface area contributed by atoms with Crippen molar-refractivity contribution in [3.8, 4) is 11.9 Å². The molecule has 1 heterocycles. The number of ether oxygens (including phenoxy) is 1. The van der Waals surface area contributed by atoms with Gasteiger partial charge >= 0.3 is 0 Å². The summed E-state index contributed by atoms with van der Waals surface area (Å²) < 4.78 is 4.92. The van der Waals surface area contributed by atoms with Gasteiger partial charge in [-0.2, -0.15) is 5.26 Å². The lowest BCUT2D eigenvalue weighted by molar-refractivity contribution is 0.0931. The minimum atomic E-state index is -0.290. The number of Topliss-reactive ketones (excluding diaryl/α,β-unsaturated/α-hetero) is 1. The minimum Gasteiger partial charge on any atom is -0.481 e. The molecule has 0 amide bonds. The second-order valence-corrected chi connectivity index (χ2v) is 3.21. The molecule has 0 saturated heterocycles. The average molecular weight is 204 g/mol. The van der Waals surface area contributed by atoms with Gasteiger partial charge in [-0.3, -0.25) is 4.79 Å². The van der Waals surface area contributed by atoms with Crippen LogP contribution in [0.2, 0.25) is 0 Å². The van der Waals surface area contributed by atoms with Crippen molar-refractivity contribution in [1.82, 2.24) is 4.98 Å². The number of hydrogen-bond donors (Lipinski definition) is 0. The first kappa shape index (κ1) is 11.2. The first-order valence-corrected chi connectivity index (χ1v) is 4.60. The molecule has 1 atom stereocenters. The number of nitrogens with zero attached hydrogens (tertiary/aromatic N) is 2. The third kappa shape index (κ3) is 2.78. The zero-order valence-electron chi connectivity index (χ0n) is 8.73. The average Bonchev–Trinajstić information content (AvgIpc) is 2.28. The molecule has 0 aliphatic heterocycles. The third-order valence-corrected chi connectivity index (χ3v) is 2.07. The Balaban J connectivity index is 2.87. The monoisotopic (exact) mass is 204 g/mol. The summed E-state index contributed by atoms with van der Waals surface area (Å²) in [7, 11) is 1.50. The van der Waals surface area contributed by atoms with E-state index in [0.717, 1.165) is 0 Å². The molecular formula is C11H12N2O2. The largest absolute Gasteiger partial charge is 0.481 e. The molecule has 1 aromatic rings. The van der Waals surface area contributed by atoms with Crippen molar-refractivity contribution in [3.05, 3.63) is 23.9 Å². The summed E-state index contributed by atoms with van der Waals surface area (Å²) in [4.78, 5) is 15.7. The number of methoxy groups -OCH3 is 1. The van der Waals surface area contributed by atoms with Gasteiger partial charge in [0.15, 0.2) is 5.78 Å². The Bertz CT molecular complexity index is 396. The van der Waals surface area contributed by atoms with E-state index in [4.69, 9.17) is 10.00 Å². The summed E-state index contributed by atoms with van der Waals surface area (Å²) >= 11 is 0. The summed E-state index contributed by atoms with van der Waals surface area (Å²) in [5.41, 5.74) is 0.532. The van der Waals surface area contributed by atoms with E-state index in [-0.39, 0.29) is 18.1 Å². The van der Waals surface area contributed by atoms with Crippen molar-refractivity contribution >= 4 is 5.78 Å². The van der Waals surface area contributed by atoms with E-state index in [9.17, 15) is 4.79 Å². The molecule has 4 heteroatoms.